The zero-order chi connectivity index (χ0) is 21.9. The summed E-state index contributed by atoms with van der Waals surface area (Å²) < 4.78 is 4.98. The van der Waals surface area contributed by atoms with Crippen LogP contribution >= 0.6 is 0 Å². The Bertz CT molecular complexity index is 839. The van der Waals surface area contributed by atoms with E-state index in [-0.39, 0.29) is 11.6 Å². The van der Waals surface area contributed by atoms with Crippen LogP contribution in [0.5, 0.6) is 5.75 Å². The zero-order valence-corrected chi connectivity index (χ0v) is 18.1. The van der Waals surface area contributed by atoms with Crippen molar-refractivity contribution in [3.63, 3.8) is 0 Å². The number of carbonyl (C=O) groups excluding carboxylic acids is 1. The lowest BCUT2D eigenvalue weighted by molar-refractivity contribution is -0.150. The standard InChI is InChI=1S/C18H18O.C8H14O2/c1-14-6-8-16(9-7-14)5-3-4-15(2)17-10-12-18(19)13-11-17;1-5-7(9)10-8(3,4)6-2/h3-13,19H,1-2H3;5H,1,6H2,2-4H3. The summed E-state index contributed by atoms with van der Waals surface area (Å²) in [6.07, 6.45) is 8.20. The van der Waals surface area contributed by atoms with E-state index in [1.165, 1.54) is 22.8 Å². The van der Waals surface area contributed by atoms with Crippen molar-refractivity contribution in [2.75, 3.05) is 0 Å². The smallest absolute Gasteiger partial charge is 0.330 e. The minimum Gasteiger partial charge on any atom is -0.508 e. The highest BCUT2D eigenvalue weighted by Crippen LogP contribution is 2.17. The number of ether oxygens (including phenoxy) is 1. The molecule has 29 heavy (non-hydrogen) atoms. The Morgan fingerprint density at radius 1 is 1.10 bits per heavy atom. The lowest BCUT2D eigenvalue weighted by Crippen LogP contribution is -2.25. The minimum absolute atomic E-state index is 0.298. The second kappa shape index (κ2) is 11.7. The van der Waals surface area contributed by atoms with Gasteiger partial charge in [-0.2, -0.15) is 0 Å². The molecule has 2 aromatic rings. The molecule has 0 spiro atoms. The summed E-state index contributed by atoms with van der Waals surface area (Å²) >= 11 is 0. The number of phenols is 1. The molecule has 0 atom stereocenters. The number of phenolic OH excluding ortho intramolecular Hbond substituents is 1. The molecule has 0 saturated heterocycles. The van der Waals surface area contributed by atoms with Gasteiger partial charge in [-0.15, -0.1) is 0 Å². The summed E-state index contributed by atoms with van der Waals surface area (Å²) in [6, 6.07) is 15.7. The van der Waals surface area contributed by atoms with Crippen LogP contribution in [0.25, 0.3) is 11.6 Å². The fraction of sp³-hybridized carbons (Fsp3) is 0.269. The quantitative estimate of drug-likeness (QED) is 0.337. The van der Waals surface area contributed by atoms with Gasteiger partial charge in [-0.25, -0.2) is 4.79 Å². The molecule has 3 heteroatoms. The maximum atomic E-state index is 10.6. The van der Waals surface area contributed by atoms with Gasteiger partial charge in [0.25, 0.3) is 0 Å². The number of benzene rings is 2. The molecule has 2 rings (SSSR count). The van der Waals surface area contributed by atoms with Crippen LogP contribution in [0.2, 0.25) is 0 Å². The largest absolute Gasteiger partial charge is 0.508 e. The molecule has 0 heterocycles. The first-order chi connectivity index (χ1) is 13.7. The van der Waals surface area contributed by atoms with Crippen molar-refractivity contribution in [1.29, 1.82) is 0 Å². The Labute approximate surface area is 175 Å². The van der Waals surface area contributed by atoms with Gasteiger partial charge in [0.1, 0.15) is 11.4 Å². The molecule has 0 saturated carbocycles. The average molecular weight is 393 g/mol. The lowest BCUT2D eigenvalue weighted by atomic mass is 10.1. The van der Waals surface area contributed by atoms with Crippen LogP contribution in [0.4, 0.5) is 0 Å². The maximum Gasteiger partial charge on any atom is 0.330 e. The number of aryl methyl sites for hydroxylation is 1. The minimum atomic E-state index is -0.356. The molecule has 2 aromatic carbocycles. The molecule has 0 aromatic heterocycles. The normalized spacial score (nSPS) is 11.6. The van der Waals surface area contributed by atoms with Crippen LogP contribution in [-0.4, -0.2) is 16.7 Å². The third kappa shape index (κ3) is 9.61. The Morgan fingerprint density at radius 3 is 2.21 bits per heavy atom. The van der Waals surface area contributed by atoms with Crippen LogP contribution in [0.15, 0.2) is 73.3 Å². The fourth-order valence-corrected chi connectivity index (χ4v) is 2.19. The van der Waals surface area contributed by atoms with E-state index in [9.17, 15) is 9.90 Å². The molecule has 0 unspecified atom stereocenters. The van der Waals surface area contributed by atoms with Crippen LogP contribution in [0.1, 0.15) is 50.8 Å². The Balaban J connectivity index is 0.000000359. The predicted octanol–water partition coefficient (Wildman–Crippen LogP) is 6.72. The summed E-state index contributed by atoms with van der Waals surface area (Å²) in [5.74, 6) is -0.0569. The molecule has 0 radical (unpaired) electrons. The van der Waals surface area contributed by atoms with Crippen LogP contribution < -0.4 is 0 Å². The monoisotopic (exact) mass is 392 g/mol. The third-order valence-electron chi connectivity index (χ3n) is 4.43. The molecule has 0 aliphatic rings. The number of allylic oxidation sites excluding steroid dienone is 3. The second-order valence-corrected chi connectivity index (χ2v) is 7.40. The fourth-order valence-electron chi connectivity index (χ4n) is 2.19. The first-order valence-corrected chi connectivity index (χ1v) is 9.73. The zero-order valence-electron chi connectivity index (χ0n) is 18.1. The molecule has 154 valence electrons. The number of hydrogen-bond donors (Lipinski definition) is 1. The van der Waals surface area contributed by atoms with Gasteiger partial charge in [0, 0.05) is 6.08 Å². The van der Waals surface area contributed by atoms with Crippen molar-refractivity contribution in [3.8, 4) is 5.75 Å². The van der Waals surface area contributed by atoms with Gasteiger partial charge >= 0.3 is 5.97 Å². The molecule has 0 fully saturated rings. The molecule has 1 N–H and O–H groups in total. The van der Waals surface area contributed by atoms with Crippen molar-refractivity contribution in [1.82, 2.24) is 0 Å². The summed E-state index contributed by atoms with van der Waals surface area (Å²) in [5, 5.41) is 9.25. The van der Waals surface area contributed by atoms with E-state index >= 15 is 0 Å². The van der Waals surface area contributed by atoms with Crippen molar-refractivity contribution in [3.05, 3.63) is 90.0 Å². The predicted molar refractivity (Wildman–Crippen MR) is 123 cm³/mol. The van der Waals surface area contributed by atoms with Gasteiger partial charge in [-0.3, -0.25) is 0 Å². The first kappa shape index (κ1) is 24.0. The highest BCUT2D eigenvalue weighted by Gasteiger charge is 2.18. The van der Waals surface area contributed by atoms with E-state index in [4.69, 9.17) is 4.74 Å². The summed E-state index contributed by atoms with van der Waals surface area (Å²) in [6.45, 7) is 13.2. The Morgan fingerprint density at radius 2 is 1.69 bits per heavy atom. The van der Waals surface area contributed by atoms with Crippen LogP contribution in [0, 0.1) is 6.92 Å². The average Bonchev–Trinajstić information content (AvgIpc) is 2.70. The number of aromatic hydroxyl groups is 1. The van der Waals surface area contributed by atoms with Crippen LogP contribution in [-0.2, 0) is 9.53 Å². The lowest BCUT2D eigenvalue weighted by Gasteiger charge is -2.21. The SMILES string of the molecule is C=CC(=O)OC(C)(C)CC.CC(=CC=Cc1ccc(C)cc1)c1ccc(O)cc1. The maximum absolute atomic E-state index is 10.6. The van der Waals surface area contributed by atoms with E-state index in [1.54, 1.807) is 12.1 Å². The second-order valence-electron chi connectivity index (χ2n) is 7.40. The summed E-state index contributed by atoms with van der Waals surface area (Å²) in [5.41, 5.74) is 4.40. The molecular weight excluding hydrogens is 360 g/mol. The van der Waals surface area contributed by atoms with Gasteiger partial charge in [0.2, 0.25) is 0 Å². The Hall–Kier alpha value is -3.07. The number of carbonyl (C=O) groups is 1. The van der Waals surface area contributed by atoms with E-state index in [0.29, 0.717) is 5.75 Å². The van der Waals surface area contributed by atoms with Gasteiger partial charge in [-0.05, 0) is 62.9 Å². The van der Waals surface area contributed by atoms with Crippen molar-refractivity contribution in [2.24, 2.45) is 0 Å². The molecule has 0 bridgehead atoms. The molecule has 0 amide bonds. The van der Waals surface area contributed by atoms with Gasteiger partial charge in [-0.1, -0.05) is 73.7 Å². The highest BCUT2D eigenvalue weighted by atomic mass is 16.6. The molecule has 3 nitrogen and oxygen atoms in total. The van der Waals surface area contributed by atoms with Gasteiger partial charge < -0.3 is 9.84 Å². The van der Waals surface area contributed by atoms with E-state index in [0.717, 1.165) is 12.0 Å². The first-order valence-electron chi connectivity index (χ1n) is 9.73. The summed E-state index contributed by atoms with van der Waals surface area (Å²) in [7, 11) is 0. The highest BCUT2D eigenvalue weighted by molar-refractivity contribution is 5.81. The molecular formula is C26H32O3. The summed E-state index contributed by atoms with van der Waals surface area (Å²) in [4.78, 5) is 10.6. The number of esters is 1. The molecule has 0 aliphatic carbocycles. The van der Waals surface area contributed by atoms with E-state index in [1.807, 2.05) is 39.0 Å². The topological polar surface area (TPSA) is 46.5 Å². The third-order valence-corrected chi connectivity index (χ3v) is 4.43. The number of rotatable bonds is 6. The van der Waals surface area contributed by atoms with E-state index < -0.39 is 0 Å². The van der Waals surface area contributed by atoms with Crippen molar-refractivity contribution < 1.29 is 14.6 Å². The number of hydrogen-bond acceptors (Lipinski definition) is 3. The van der Waals surface area contributed by atoms with Crippen LogP contribution in [0.3, 0.4) is 0 Å². The molecule has 0 aliphatic heterocycles. The Kier molecular flexibility index (Phi) is 9.67. The van der Waals surface area contributed by atoms with Crippen molar-refractivity contribution in [2.45, 2.75) is 46.6 Å². The van der Waals surface area contributed by atoms with Gasteiger partial charge in [0.05, 0.1) is 0 Å². The van der Waals surface area contributed by atoms with Gasteiger partial charge in [0.15, 0.2) is 0 Å². The van der Waals surface area contributed by atoms with E-state index in [2.05, 4.69) is 56.8 Å². The van der Waals surface area contributed by atoms with Crippen molar-refractivity contribution >= 4 is 17.6 Å².